The Morgan fingerprint density at radius 3 is 2.43 bits per heavy atom. The fourth-order valence-corrected chi connectivity index (χ4v) is 3.64. The molecule has 0 saturated carbocycles. The quantitative estimate of drug-likeness (QED) is 0.697. The van der Waals surface area contributed by atoms with Crippen molar-refractivity contribution in [3.63, 3.8) is 0 Å². The zero-order valence-corrected chi connectivity index (χ0v) is 17.7. The number of nitrogens with one attached hydrogen (secondary N) is 2. The minimum atomic E-state index is -1.35. The molecule has 162 valence electrons. The second-order valence-corrected chi connectivity index (χ2v) is 8.07. The van der Waals surface area contributed by atoms with Crippen molar-refractivity contribution < 1.29 is 19.5 Å². The number of aromatic nitrogens is 2. The second kappa shape index (κ2) is 8.73. The van der Waals surface area contributed by atoms with Gasteiger partial charge in [0.2, 0.25) is 11.9 Å². The lowest BCUT2D eigenvalue weighted by Crippen LogP contribution is -2.59. The zero-order chi connectivity index (χ0) is 22.0. The summed E-state index contributed by atoms with van der Waals surface area (Å²) < 4.78 is 1.97. The molecule has 1 aromatic carbocycles. The molecule has 1 aliphatic heterocycles. The minimum Gasteiger partial charge on any atom is -0.548 e. The third kappa shape index (κ3) is 4.10. The monoisotopic (exact) mass is 414 g/mol. The van der Waals surface area contributed by atoms with Crippen molar-refractivity contribution in [2.24, 2.45) is 11.8 Å². The Morgan fingerprint density at radius 2 is 1.80 bits per heavy atom. The lowest BCUT2D eigenvalue weighted by atomic mass is 9.97. The highest BCUT2D eigenvalue weighted by Crippen LogP contribution is 2.27. The van der Waals surface area contributed by atoms with Crippen molar-refractivity contribution in [2.45, 2.75) is 52.7 Å². The van der Waals surface area contributed by atoms with Crippen molar-refractivity contribution >= 4 is 34.9 Å². The van der Waals surface area contributed by atoms with Gasteiger partial charge in [0.1, 0.15) is 6.04 Å². The fourth-order valence-electron chi connectivity index (χ4n) is 3.64. The average molecular weight is 414 g/mol. The molecule has 3 rings (SSSR count). The molecule has 0 spiro atoms. The van der Waals surface area contributed by atoms with Crippen molar-refractivity contribution in [3.8, 4) is 0 Å². The number of hydrogen-bond donors (Lipinski definition) is 2. The number of imidazole rings is 1. The van der Waals surface area contributed by atoms with E-state index in [2.05, 4.69) is 15.6 Å². The third-order valence-corrected chi connectivity index (χ3v) is 5.66. The Labute approximate surface area is 175 Å². The molecule has 3 atom stereocenters. The Hall–Kier alpha value is -3.10. The molecule has 1 aromatic heterocycles. The van der Waals surface area contributed by atoms with Crippen LogP contribution in [0, 0.1) is 11.8 Å². The van der Waals surface area contributed by atoms with Crippen LogP contribution in [-0.2, 0) is 16.1 Å². The molecule has 0 radical (unpaired) electrons. The van der Waals surface area contributed by atoms with Crippen LogP contribution >= 0.6 is 0 Å². The van der Waals surface area contributed by atoms with E-state index >= 15 is 0 Å². The molecule has 0 fully saturated rings. The van der Waals surface area contributed by atoms with E-state index in [4.69, 9.17) is 0 Å². The summed E-state index contributed by atoms with van der Waals surface area (Å²) in [5, 5.41) is 16.7. The summed E-state index contributed by atoms with van der Waals surface area (Å²) in [7, 11) is 0. The van der Waals surface area contributed by atoms with E-state index < -0.39 is 30.0 Å². The lowest BCUT2D eigenvalue weighted by molar-refractivity contribution is -0.309. The number of aliphatic carboxylic acids is 1. The van der Waals surface area contributed by atoms with E-state index in [1.165, 1.54) is 4.90 Å². The van der Waals surface area contributed by atoms with Crippen molar-refractivity contribution in [1.29, 1.82) is 0 Å². The number of hydrogen-bond acceptors (Lipinski definition) is 5. The fraction of sp³-hybridized carbons (Fsp3) is 0.524. The predicted molar refractivity (Wildman–Crippen MR) is 111 cm³/mol. The van der Waals surface area contributed by atoms with Crippen LogP contribution in [0.15, 0.2) is 24.3 Å². The van der Waals surface area contributed by atoms with Crippen molar-refractivity contribution in [1.82, 2.24) is 20.2 Å². The highest BCUT2D eigenvalue weighted by molar-refractivity contribution is 5.97. The van der Waals surface area contributed by atoms with E-state index in [-0.39, 0.29) is 11.8 Å². The summed E-state index contributed by atoms with van der Waals surface area (Å²) in [6, 6.07) is 5.22. The van der Waals surface area contributed by atoms with Gasteiger partial charge in [0.05, 0.1) is 23.0 Å². The molecule has 2 N–H and O–H groups in total. The number of benzene rings is 1. The SMILES string of the molecule is CC[C@H](C)[C@H](NC(=O)N1CCn2c1nc1ccccc12)C(=O)N[C@@H](C(=O)[O-])C(C)C. The van der Waals surface area contributed by atoms with Crippen LogP contribution < -0.4 is 20.6 Å². The Bertz CT molecular complexity index is 954. The number of carboxylic acid groups (broad SMARTS) is 1. The average Bonchev–Trinajstić information content (AvgIpc) is 3.28. The molecule has 1 aliphatic rings. The molecular weight excluding hydrogens is 386 g/mol. The molecule has 3 amide bonds. The maximum Gasteiger partial charge on any atom is 0.324 e. The van der Waals surface area contributed by atoms with Crippen LogP contribution in [0.25, 0.3) is 11.0 Å². The number of urea groups is 1. The number of carbonyl (C=O) groups excluding carboxylic acids is 3. The molecule has 9 heteroatoms. The van der Waals surface area contributed by atoms with E-state index in [1.54, 1.807) is 13.8 Å². The highest BCUT2D eigenvalue weighted by atomic mass is 16.4. The van der Waals surface area contributed by atoms with E-state index in [0.29, 0.717) is 25.5 Å². The van der Waals surface area contributed by atoms with Gasteiger partial charge in [0, 0.05) is 13.1 Å². The Morgan fingerprint density at radius 1 is 1.10 bits per heavy atom. The van der Waals surface area contributed by atoms with Gasteiger partial charge in [-0.25, -0.2) is 9.78 Å². The first-order valence-electron chi connectivity index (χ1n) is 10.3. The van der Waals surface area contributed by atoms with Crippen molar-refractivity contribution in [2.75, 3.05) is 11.4 Å². The standard InChI is InChI=1S/C21H29N5O4/c1-5-13(4)17(18(27)23-16(12(2)3)19(28)29)24-21(30)26-11-10-25-15-9-7-6-8-14(15)22-20(25)26/h6-9,12-13,16-17H,5,10-11H2,1-4H3,(H,23,27)(H,24,30)(H,28,29)/p-1/t13-,16+,17-/m0/s1. The first-order chi connectivity index (χ1) is 14.2. The number of carboxylic acids is 1. The van der Waals surface area contributed by atoms with Gasteiger partial charge >= 0.3 is 6.03 Å². The Balaban J connectivity index is 1.78. The Kier molecular flexibility index (Phi) is 6.28. The van der Waals surface area contributed by atoms with Crippen LogP contribution in [0.1, 0.15) is 34.1 Å². The van der Waals surface area contributed by atoms with Crippen LogP contribution in [-0.4, -0.2) is 46.1 Å². The van der Waals surface area contributed by atoms with E-state index in [9.17, 15) is 19.5 Å². The van der Waals surface area contributed by atoms with Crippen molar-refractivity contribution in [3.05, 3.63) is 24.3 Å². The smallest absolute Gasteiger partial charge is 0.324 e. The summed E-state index contributed by atoms with van der Waals surface area (Å²) in [5.41, 5.74) is 1.75. The van der Waals surface area contributed by atoms with E-state index in [0.717, 1.165) is 11.0 Å². The van der Waals surface area contributed by atoms with Crippen LogP contribution in [0.3, 0.4) is 0 Å². The number of amides is 3. The molecule has 2 heterocycles. The molecule has 0 unspecified atom stereocenters. The topological polar surface area (TPSA) is 119 Å². The number of para-hydroxylation sites is 2. The molecule has 9 nitrogen and oxygen atoms in total. The summed E-state index contributed by atoms with van der Waals surface area (Å²) in [6.45, 7) is 8.18. The van der Waals surface area contributed by atoms with Gasteiger partial charge in [-0.15, -0.1) is 0 Å². The number of anilines is 1. The number of rotatable bonds is 7. The minimum absolute atomic E-state index is 0.190. The van der Waals surface area contributed by atoms with Crippen LogP contribution in [0.4, 0.5) is 10.7 Å². The first kappa shape index (κ1) is 21.6. The van der Waals surface area contributed by atoms with Gasteiger partial charge in [-0.05, 0) is 24.0 Å². The van der Waals surface area contributed by atoms with Crippen LogP contribution in [0.5, 0.6) is 0 Å². The molecule has 30 heavy (non-hydrogen) atoms. The molecule has 0 saturated heterocycles. The maximum atomic E-state index is 13.0. The number of carbonyl (C=O) groups is 3. The first-order valence-corrected chi connectivity index (χ1v) is 10.3. The summed E-state index contributed by atoms with van der Waals surface area (Å²) in [6.07, 6.45) is 0.633. The van der Waals surface area contributed by atoms with Gasteiger partial charge < -0.3 is 25.1 Å². The van der Waals surface area contributed by atoms with Gasteiger partial charge in [0.25, 0.3) is 0 Å². The number of fused-ring (bicyclic) bond motifs is 3. The molecule has 2 aromatic rings. The lowest BCUT2D eigenvalue weighted by Gasteiger charge is -2.29. The normalized spacial score (nSPS) is 16.2. The summed E-state index contributed by atoms with van der Waals surface area (Å²) in [5.74, 6) is -1.88. The van der Waals surface area contributed by atoms with Gasteiger partial charge in [-0.3, -0.25) is 9.69 Å². The van der Waals surface area contributed by atoms with Gasteiger partial charge in [-0.1, -0.05) is 46.2 Å². The number of nitrogens with zero attached hydrogens (tertiary/aromatic N) is 3. The third-order valence-electron chi connectivity index (χ3n) is 5.66. The van der Waals surface area contributed by atoms with Gasteiger partial charge in [-0.2, -0.15) is 0 Å². The second-order valence-electron chi connectivity index (χ2n) is 8.07. The molecule has 0 aliphatic carbocycles. The summed E-state index contributed by atoms with van der Waals surface area (Å²) in [4.78, 5) is 43.3. The predicted octanol–water partition coefficient (Wildman–Crippen LogP) is 0.871. The highest BCUT2D eigenvalue weighted by Gasteiger charge is 2.33. The largest absolute Gasteiger partial charge is 0.548 e. The summed E-state index contributed by atoms with van der Waals surface area (Å²) >= 11 is 0. The van der Waals surface area contributed by atoms with E-state index in [1.807, 2.05) is 42.7 Å². The van der Waals surface area contributed by atoms with Gasteiger partial charge in [0.15, 0.2) is 0 Å². The zero-order valence-electron chi connectivity index (χ0n) is 17.7. The molecule has 0 bridgehead atoms. The maximum absolute atomic E-state index is 13.0. The molecular formula is C21H28N5O4-. The van der Waals surface area contributed by atoms with Crippen LogP contribution in [0.2, 0.25) is 0 Å².